The molecule has 0 bridgehead atoms. The van der Waals surface area contributed by atoms with Crippen LogP contribution in [0.3, 0.4) is 0 Å². The van der Waals surface area contributed by atoms with Crippen molar-refractivity contribution in [3.8, 4) is 22.5 Å². The first-order chi connectivity index (χ1) is 15.2. The Bertz CT molecular complexity index is 1200. The highest BCUT2D eigenvalue weighted by Crippen LogP contribution is 2.27. The number of Topliss-reactive ketones (excluding diaryl/α,β-unsaturated/α-hetero) is 1. The van der Waals surface area contributed by atoms with Crippen LogP contribution in [0.4, 0.5) is 0 Å². The third-order valence-corrected chi connectivity index (χ3v) is 6.22. The second-order valence-electron chi connectivity index (χ2n) is 6.87. The topological polar surface area (TPSA) is 47.8 Å². The number of benzene rings is 3. The Morgan fingerprint density at radius 2 is 1.65 bits per heavy atom. The summed E-state index contributed by atoms with van der Waals surface area (Å²) in [5.41, 5.74) is 3.87. The molecule has 0 aliphatic carbocycles. The molecule has 3 aromatic carbocycles. The lowest BCUT2D eigenvalue weighted by Crippen LogP contribution is -2.05. The standard InChI is InChI=1S/C25H20BrN3OS/c1-2-15-29-24(21-9-6-10-22(26)16-21)27-28-25(29)31-17-23(30)20-13-11-19(12-14-20)18-7-4-3-5-8-18/h2-14,16H,1,15,17H2. The first kappa shape index (κ1) is 21.3. The lowest BCUT2D eigenvalue weighted by Gasteiger charge is -2.08. The average Bonchev–Trinajstić information content (AvgIpc) is 3.21. The van der Waals surface area contributed by atoms with Gasteiger partial charge in [-0.1, -0.05) is 100 Å². The molecule has 4 nitrogen and oxygen atoms in total. The number of aromatic nitrogens is 3. The van der Waals surface area contributed by atoms with Crippen molar-refractivity contribution in [2.75, 3.05) is 5.75 Å². The van der Waals surface area contributed by atoms with Gasteiger partial charge in [0, 0.05) is 22.1 Å². The quantitative estimate of drug-likeness (QED) is 0.160. The van der Waals surface area contributed by atoms with Gasteiger partial charge in [0.2, 0.25) is 0 Å². The van der Waals surface area contributed by atoms with Crippen molar-refractivity contribution in [2.24, 2.45) is 0 Å². The van der Waals surface area contributed by atoms with Crippen molar-refractivity contribution in [3.63, 3.8) is 0 Å². The molecule has 6 heteroatoms. The molecule has 0 unspecified atom stereocenters. The highest BCUT2D eigenvalue weighted by molar-refractivity contribution is 9.10. The number of rotatable bonds is 8. The third-order valence-electron chi connectivity index (χ3n) is 4.76. The van der Waals surface area contributed by atoms with Crippen LogP contribution in [-0.2, 0) is 6.54 Å². The van der Waals surface area contributed by atoms with E-state index in [9.17, 15) is 4.79 Å². The zero-order valence-electron chi connectivity index (χ0n) is 16.7. The normalized spacial score (nSPS) is 10.7. The van der Waals surface area contributed by atoms with Crippen LogP contribution in [0.5, 0.6) is 0 Å². The van der Waals surface area contributed by atoms with E-state index in [1.165, 1.54) is 11.8 Å². The van der Waals surface area contributed by atoms with E-state index in [-0.39, 0.29) is 5.78 Å². The second-order valence-corrected chi connectivity index (χ2v) is 8.73. The molecular weight excluding hydrogens is 470 g/mol. The van der Waals surface area contributed by atoms with Gasteiger partial charge in [-0.2, -0.15) is 0 Å². The summed E-state index contributed by atoms with van der Waals surface area (Å²) in [5.74, 6) is 1.10. The molecule has 0 radical (unpaired) electrons. The van der Waals surface area contributed by atoms with Crippen LogP contribution in [0, 0.1) is 0 Å². The molecule has 0 fully saturated rings. The maximum Gasteiger partial charge on any atom is 0.192 e. The van der Waals surface area contributed by atoms with Crippen LogP contribution in [0.1, 0.15) is 10.4 Å². The van der Waals surface area contributed by atoms with Gasteiger partial charge in [-0.25, -0.2) is 0 Å². The van der Waals surface area contributed by atoms with Gasteiger partial charge in [-0.15, -0.1) is 16.8 Å². The van der Waals surface area contributed by atoms with E-state index in [1.54, 1.807) is 6.08 Å². The maximum atomic E-state index is 12.8. The Kier molecular flexibility index (Phi) is 6.79. The molecule has 0 atom stereocenters. The van der Waals surface area contributed by atoms with Gasteiger partial charge in [0.05, 0.1) is 5.75 Å². The molecule has 0 amide bonds. The van der Waals surface area contributed by atoms with Crippen molar-refractivity contribution in [1.29, 1.82) is 0 Å². The van der Waals surface area contributed by atoms with Crippen molar-refractivity contribution >= 4 is 33.5 Å². The molecular formula is C25H20BrN3OS. The molecule has 154 valence electrons. The number of carbonyl (C=O) groups excluding carboxylic acids is 1. The number of hydrogen-bond donors (Lipinski definition) is 0. The number of carbonyl (C=O) groups is 1. The van der Waals surface area contributed by atoms with E-state index in [4.69, 9.17) is 0 Å². The summed E-state index contributed by atoms with van der Waals surface area (Å²) in [6.07, 6.45) is 1.80. The Labute approximate surface area is 194 Å². The second kappa shape index (κ2) is 9.90. The van der Waals surface area contributed by atoms with Gasteiger partial charge < -0.3 is 0 Å². The number of allylic oxidation sites excluding steroid dienone is 1. The van der Waals surface area contributed by atoms with Crippen LogP contribution in [0.25, 0.3) is 22.5 Å². The summed E-state index contributed by atoms with van der Waals surface area (Å²) >= 11 is 4.89. The van der Waals surface area contributed by atoms with Gasteiger partial charge in [0.15, 0.2) is 16.8 Å². The van der Waals surface area contributed by atoms with E-state index in [0.717, 1.165) is 27.0 Å². The smallest absolute Gasteiger partial charge is 0.192 e. The van der Waals surface area contributed by atoms with Gasteiger partial charge in [-0.05, 0) is 23.3 Å². The fourth-order valence-electron chi connectivity index (χ4n) is 3.22. The van der Waals surface area contributed by atoms with Crippen molar-refractivity contribution in [3.05, 3.63) is 102 Å². The van der Waals surface area contributed by atoms with Gasteiger partial charge in [0.25, 0.3) is 0 Å². The Hall–Kier alpha value is -2.96. The van der Waals surface area contributed by atoms with Gasteiger partial charge >= 0.3 is 0 Å². The number of hydrogen-bond acceptors (Lipinski definition) is 4. The highest BCUT2D eigenvalue weighted by Gasteiger charge is 2.16. The molecule has 4 aromatic rings. The number of ketones is 1. The van der Waals surface area contributed by atoms with Crippen molar-refractivity contribution in [2.45, 2.75) is 11.7 Å². The summed E-state index contributed by atoms with van der Waals surface area (Å²) in [7, 11) is 0. The molecule has 0 aliphatic heterocycles. The van der Waals surface area contributed by atoms with E-state index in [2.05, 4.69) is 44.8 Å². The fraction of sp³-hybridized carbons (Fsp3) is 0.0800. The predicted molar refractivity (Wildman–Crippen MR) is 130 cm³/mol. The average molecular weight is 490 g/mol. The largest absolute Gasteiger partial charge is 0.298 e. The number of nitrogens with zero attached hydrogens (tertiary/aromatic N) is 3. The molecule has 0 aliphatic rings. The Morgan fingerprint density at radius 3 is 2.35 bits per heavy atom. The molecule has 1 aromatic heterocycles. The minimum absolute atomic E-state index is 0.0572. The van der Waals surface area contributed by atoms with Crippen LogP contribution >= 0.6 is 27.7 Å². The Morgan fingerprint density at radius 1 is 0.935 bits per heavy atom. The van der Waals surface area contributed by atoms with E-state index >= 15 is 0 Å². The summed E-state index contributed by atoms with van der Waals surface area (Å²) in [4.78, 5) is 12.8. The summed E-state index contributed by atoms with van der Waals surface area (Å²) in [6.45, 7) is 4.41. The monoisotopic (exact) mass is 489 g/mol. The summed E-state index contributed by atoms with van der Waals surface area (Å²) < 4.78 is 2.95. The van der Waals surface area contributed by atoms with E-state index < -0.39 is 0 Å². The van der Waals surface area contributed by atoms with Crippen LogP contribution < -0.4 is 0 Å². The lowest BCUT2D eigenvalue weighted by molar-refractivity contribution is 0.102. The molecule has 0 N–H and O–H groups in total. The van der Waals surface area contributed by atoms with Crippen molar-refractivity contribution in [1.82, 2.24) is 14.8 Å². The number of halogens is 1. The van der Waals surface area contributed by atoms with Crippen LogP contribution in [0.15, 0.2) is 101 Å². The molecule has 1 heterocycles. The molecule has 4 rings (SSSR count). The summed E-state index contributed by atoms with van der Waals surface area (Å²) in [5, 5.41) is 9.37. The fourth-order valence-corrected chi connectivity index (χ4v) is 4.46. The zero-order valence-corrected chi connectivity index (χ0v) is 19.1. The summed E-state index contributed by atoms with van der Waals surface area (Å²) in [6, 6.07) is 25.8. The van der Waals surface area contributed by atoms with Crippen LogP contribution in [0.2, 0.25) is 0 Å². The Balaban J connectivity index is 1.49. The molecule has 0 spiro atoms. The van der Waals surface area contributed by atoms with E-state index in [1.807, 2.05) is 71.3 Å². The molecule has 0 saturated heterocycles. The minimum atomic E-state index is 0.0572. The SMILES string of the molecule is C=CCn1c(SCC(=O)c2ccc(-c3ccccc3)cc2)nnc1-c1cccc(Br)c1. The highest BCUT2D eigenvalue weighted by atomic mass is 79.9. The van der Waals surface area contributed by atoms with E-state index in [0.29, 0.717) is 23.0 Å². The zero-order chi connectivity index (χ0) is 21.6. The van der Waals surface area contributed by atoms with Crippen molar-refractivity contribution < 1.29 is 4.79 Å². The predicted octanol–water partition coefficient (Wildman–Crippen LogP) is 6.54. The third kappa shape index (κ3) is 5.03. The van der Waals surface area contributed by atoms with Crippen LogP contribution in [-0.4, -0.2) is 26.3 Å². The minimum Gasteiger partial charge on any atom is -0.298 e. The first-order valence-electron chi connectivity index (χ1n) is 9.77. The maximum absolute atomic E-state index is 12.8. The lowest BCUT2D eigenvalue weighted by atomic mass is 10.0. The first-order valence-corrected chi connectivity index (χ1v) is 11.5. The molecule has 0 saturated carbocycles. The van der Waals surface area contributed by atoms with Gasteiger partial charge in [-0.3, -0.25) is 9.36 Å². The molecule has 31 heavy (non-hydrogen) atoms. The number of thioether (sulfide) groups is 1. The van der Waals surface area contributed by atoms with Gasteiger partial charge in [0.1, 0.15) is 0 Å².